The topological polar surface area (TPSA) is 76.0 Å². The summed E-state index contributed by atoms with van der Waals surface area (Å²) in [5, 5.41) is 13.4. The van der Waals surface area contributed by atoms with E-state index < -0.39 is 10.8 Å². The van der Waals surface area contributed by atoms with Crippen molar-refractivity contribution in [2.45, 2.75) is 106 Å². The highest BCUT2D eigenvalue weighted by Crippen LogP contribution is 2.75. The maximum absolute atomic E-state index is 14.2. The maximum atomic E-state index is 14.2. The van der Waals surface area contributed by atoms with Gasteiger partial charge >= 0.3 is 5.97 Å². The van der Waals surface area contributed by atoms with Crippen molar-refractivity contribution in [1.29, 1.82) is 0 Å². The molecule has 228 valence electrons. The van der Waals surface area contributed by atoms with Crippen LogP contribution in [0, 0.1) is 56.7 Å². The molecule has 1 N–H and O–H groups in total. The lowest BCUT2D eigenvalue weighted by Crippen LogP contribution is -2.66. The molecule has 4 fully saturated rings. The molecule has 9 atom stereocenters. The third kappa shape index (κ3) is 3.83. The minimum Gasteiger partial charge on any atom is -0.460 e. The first-order valence-corrected chi connectivity index (χ1v) is 16.4. The summed E-state index contributed by atoms with van der Waals surface area (Å²) >= 11 is 0. The van der Waals surface area contributed by atoms with Crippen molar-refractivity contribution >= 4 is 17.5 Å². The van der Waals surface area contributed by atoms with Gasteiger partial charge in [-0.05, 0) is 96.3 Å². The summed E-state index contributed by atoms with van der Waals surface area (Å²) in [6.45, 7) is 16.6. The van der Waals surface area contributed by atoms with Crippen molar-refractivity contribution < 1.29 is 19.5 Å². The molecular formula is C37H51NO4. The van der Waals surface area contributed by atoms with E-state index in [2.05, 4.69) is 59.7 Å². The van der Waals surface area contributed by atoms with Gasteiger partial charge in [-0.1, -0.05) is 95.6 Å². The van der Waals surface area contributed by atoms with Crippen molar-refractivity contribution in [1.82, 2.24) is 0 Å². The first-order valence-electron chi connectivity index (χ1n) is 16.4. The van der Waals surface area contributed by atoms with Gasteiger partial charge in [0.05, 0.1) is 5.41 Å². The quantitative estimate of drug-likeness (QED) is 0.170. The predicted octanol–water partition coefficient (Wildman–Crippen LogP) is 8.40. The third-order valence-corrected chi connectivity index (χ3v) is 14.3. The lowest BCUT2D eigenvalue weighted by atomic mass is 9.33. The van der Waals surface area contributed by atoms with E-state index in [0.29, 0.717) is 36.5 Å². The van der Waals surface area contributed by atoms with Crippen LogP contribution in [-0.2, 0) is 20.9 Å². The molecule has 5 aliphatic carbocycles. The minimum absolute atomic E-state index is 0.00246. The number of carbonyl (C=O) groups excluding carboxylic acids is 2. The molecule has 0 saturated heterocycles. The summed E-state index contributed by atoms with van der Waals surface area (Å²) < 4.78 is 6.16. The zero-order chi connectivity index (χ0) is 30.3. The van der Waals surface area contributed by atoms with Gasteiger partial charge in [0.15, 0.2) is 5.78 Å². The smallest absolute Gasteiger partial charge is 0.313 e. The Kier molecular flexibility index (Phi) is 6.91. The molecule has 42 heavy (non-hydrogen) atoms. The number of oxime groups is 1. The molecule has 5 nitrogen and oxygen atoms in total. The first-order chi connectivity index (χ1) is 19.8. The fraction of sp³-hybridized carbons (Fsp3) is 0.703. The molecule has 0 spiro atoms. The number of esters is 1. The summed E-state index contributed by atoms with van der Waals surface area (Å²) in [7, 11) is 0. The second-order valence-corrected chi connectivity index (χ2v) is 16.1. The standard InChI is InChI=1S/C37H51NO4/c1-23-15-18-37(32(40)42-22-25-11-9-8-10-12-25)20-19-35(6)26(30(37)24(23)2)13-14-29-34(5)21-27(38-41)31(39)33(3,4)28(34)16-17-36(29,35)7/h8-13,23-24,28-30,41H,14-22H2,1-7H3/b38-27+/t23-,24+,28+,29-,30+,34+,35-,36-,37+/m1/s1. The first kappa shape index (κ1) is 29.6. The van der Waals surface area contributed by atoms with E-state index >= 15 is 0 Å². The predicted molar refractivity (Wildman–Crippen MR) is 165 cm³/mol. The Morgan fingerprint density at radius 1 is 0.976 bits per heavy atom. The summed E-state index contributed by atoms with van der Waals surface area (Å²) in [5.41, 5.74) is 1.74. The molecule has 1 aromatic carbocycles. The van der Waals surface area contributed by atoms with Gasteiger partial charge in [-0.2, -0.15) is 0 Å². The van der Waals surface area contributed by atoms with E-state index in [1.807, 2.05) is 30.3 Å². The number of benzene rings is 1. The molecule has 0 aromatic heterocycles. The van der Waals surface area contributed by atoms with Crippen LogP contribution in [0.2, 0.25) is 0 Å². The summed E-state index contributed by atoms with van der Waals surface area (Å²) in [6, 6.07) is 10.0. The van der Waals surface area contributed by atoms with Crippen LogP contribution in [-0.4, -0.2) is 22.7 Å². The SMILES string of the molecule is C[C@H]1[C@H](C)CC[C@]2(C(=O)OCc3ccccc3)CC[C@]3(C)C(=CC[C@@H]4[C@@]5(C)C/C(=N\O)C(=O)C(C)(C)[C@@H]5CC[C@]43C)[C@H]12. The third-order valence-electron chi connectivity index (χ3n) is 14.3. The van der Waals surface area contributed by atoms with Gasteiger partial charge in [-0.25, -0.2) is 0 Å². The monoisotopic (exact) mass is 573 g/mol. The minimum atomic E-state index is -0.543. The second-order valence-electron chi connectivity index (χ2n) is 16.1. The molecule has 1 aromatic rings. The Morgan fingerprint density at radius 3 is 2.38 bits per heavy atom. The van der Waals surface area contributed by atoms with Gasteiger partial charge in [-0.3, -0.25) is 9.59 Å². The zero-order valence-electron chi connectivity index (χ0n) is 26.8. The van der Waals surface area contributed by atoms with E-state index in [1.54, 1.807) is 0 Å². The normalized spacial score (nSPS) is 45.1. The number of hydrogen-bond acceptors (Lipinski definition) is 5. The van der Waals surface area contributed by atoms with Crippen molar-refractivity contribution in [3.8, 4) is 0 Å². The summed E-state index contributed by atoms with van der Waals surface area (Å²) in [5.74, 6) is 1.78. The summed E-state index contributed by atoms with van der Waals surface area (Å²) in [6.07, 6.45) is 9.93. The van der Waals surface area contributed by atoms with Crippen molar-refractivity contribution in [3.63, 3.8) is 0 Å². The van der Waals surface area contributed by atoms with E-state index in [1.165, 1.54) is 5.57 Å². The second kappa shape index (κ2) is 9.79. The maximum Gasteiger partial charge on any atom is 0.313 e. The van der Waals surface area contributed by atoms with Crippen molar-refractivity contribution in [2.24, 2.45) is 61.8 Å². The number of ketones is 1. The molecule has 6 rings (SSSR count). The van der Waals surface area contributed by atoms with Gasteiger partial charge < -0.3 is 9.94 Å². The largest absolute Gasteiger partial charge is 0.460 e. The Labute approximate surface area is 252 Å². The molecular weight excluding hydrogens is 522 g/mol. The molecule has 5 aliphatic rings. The summed E-state index contributed by atoms with van der Waals surface area (Å²) in [4.78, 5) is 27.5. The molecule has 0 unspecified atom stereocenters. The van der Waals surface area contributed by atoms with Crippen LogP contribution < -0.4 is 0 Å². The van der Waals surface area contributed by atoms with Crippen LogP contribution in [0.25, 0.3) is 0 Å². The number of hydrogen-bond donors (Lipinski definition) is 1. The molecule has 0 heterocycles. The fourth-order valence-corrected chi connectivity index (χ4v) is 11.6. The van der Waals surface area contributed by atoms with Gasteiger partial charge in [-0.15, -0.1) is 0 Å². The lowest BCUT2D eigenvalue weighted by Gasteiger charge is -2.70. The number of rotatable bonds is 3. The van der Waals surface area contributed by atoms with Gasteiger partial charge in [0, 0.05) is 11.8 Å². The van der Waals surface area contributed by atoms with E-state index in [4.69, 9.17) is 4.74 Å². The highest BCUT2D eigenvalue weighted by molar-refractivity contribution is 6.42. The average Bonchev–Trinajstić information content (AvgIpc) is 2.96. The molecule has 4 saturated carbocycles. The van der Waals surface area contributed by atoms with Gasteiger partial charge in [0.25, 0.3) is 0 Å². The Morgan fingerprint density at radius 2 is 1.69 bits per heavy atom. The lowest BCUT2D eigenvalue weighted by molar-refractivity contribution is -0.187. The van der Waals surface area contributed by atoms with Crippen LogP contribution in [0.4, 0.5) is 0 Å². The van der Waals surface area contributed by atoms with Crippen molar-refractivity contribution in [2.75, 3.05) is 0 Å². The molecule has 0 bridgehead atoms. The van der Waals surface area contributed by atoms with Gasteiger partial charge in [0.2, 0.25) is 0 Å². The number of nitrogens with zero attached hydrogens (tertiary/aromatic N) is 1. The molecule has 0 radical (unpaired) electrons. The average molecular weight is 574 g/mol. The number of allylic oxidation sites excluding steroid dienone is 2. The van der Waals surface area contributed by atoms with Crippen LogP contribution in [0.15, 0.2) is 47.1 Å². The highest BCUT2D eigenvalue weighted by Gasteiger charge is 2.70. The van der Waals surface area contributed by atoms with Crippen LogP contribution in [0.1, 0.15) is 105 Å². The number of Topliss-reactive ketones (excluding diaryl/α,β-unsaturated/α-hetero) is 1. The zero-order valence-corrected chi connectivity index (χ0v) is 26.8. The highest BCUT2D eigenvalue weighted by atomic mass is 16.5. The van der Waals surface area contributed by atoms with E-state index in [-0.39, 0.29) is 39.8 Å². The molecule has 0 amide bonds. The van der Waals surface area contributed by atoms with E-state index in [0.717, 1.165) is 50.5 Å². The van der Waals surface area contributed by atoms with Crippen LogP contribution in [0.5, 0.6) is 0 Å². The Hall–Kier alpha value is -2.43. The van der Waals surface area contributed by atoms with Crippen LogP contribution in [0.3, 0.4) is 0 Å². The number of carbonyl (C=O) groups is 2. The number of ether oxygens (including phenoxy) is 1. The Bertz CT molecular complexity index is 1330. The number of fused-ring (bicyclic) bond motifs is 7. The molecule has 5 heteroatoms. The van der Waals surface area contributed by atoms with Crippen molar-refractivity contribution in [3.05, 3.63) is 47.5 Å². The van der Waals surface area contributed by atoms with Gasteiger partial charge in [0.1, 0.15) is 12.3 Å². The van der Waals surface area contributed by atoms with Crippen LogP contribution >= 0.6 is 0 Å². The van der Waals surface area contributed by atoms with E-state index in [9.17, 15) is 14.8 Å². The fourth-order valence-electron chi connectivity index (χ4n) is 11.6. The molecule has 0 aliphatic heterocycles. The Balaban J connectivity index is 1.39.